The van der Waals surface area contributed by atoms with Crippen LogP contribution in [0, 0.1) is 5.82 Å². The van der Waals surface area contributed by atoms with Crippen LogP contribution in [-0.2, 0) is 13.0 Å². The highest BCUT2D eigenvalue weighted by molar-refractivity contribution is 5.91. The zero-order valence-corrected chi connectivity index (χ0v) is 16.7. The molecular formula is C23H25FN2O3. The summed E-state index contributed by atoms with van der Waals surface area (Å²) in [4.78, 5) is 14.3. The van der Waals surface area contributed by atoms with Gasteiger partial charge in [0.05, 0.1) is 0 Å². The molecule has 0 aliphatic carbocycles. The molecule has 0 unspecified atom stereocenters. The number of nitrogens with zero attached hydrogens (tertiary/aromatic N) is 1. The van der Waals surface area contributed by atoms with Crippen LogP contribution in [0.15, 0.2) is 65.1 Å². The summed E-state index contributed by atoms with van der Waals surface area (Å²) in [6.07, 6.45) is 1.73. The molecule has 152 valence electrons. The van der Waals surface area contributed by atoms with Crippen molar-refractivity contribution < 1.29 is 18.3 Å². The average Bonchev–Trinajstić information content (AvgIpc) is 3.20. The lowest BCUT2D eigenvalue weighted by atomic mass is 10.1. The van der Waals surface area contributed by atoms with Gasteiger partial charge < -0.3 is 19.4 Å². The Hall–Kier alpha value is -3.28. The smallest absolute Gasteiger partial charge is 0.286 e. The molecule has 2 aromatic carbocycles. The first-order valence-corrected chi connectivity index (χ1v) is 9.53. The number of furan rings is 1. The molecule has 0 fully saturated rings. The van der Waals surface area contributed by atoms with Gasteiger partial charge in [-0.25, -0.2) is 4.39 Å². The van der Waals surface area contributed by atoms with Gasteiger partial charge in [0.1, 0.15) is 23.9 Å². The van der Waals surface area contributed by atoms with E-state index < -0.39 is 0 Å². The molecule has 1 amide bonds. The van der Waals surface area contributed by atoms with Gasteiger partial charge in [0.2, 0.25) is 0 Å². The number of anilines is 1. The molecule has 0 atom stereocenters. The third-order valence-electron chi connectivity index (χ3n) is 4.46. The Balaban J connectivity index is 1.40. The molecule has 29 heavy (non-hydrogen) atoms. The number of carbonyl (C=O) groups excluding carboxylic acids is 1. The van der Waals surface area contributed by atoms with Gasteiger partial charge >= 0.3 is 0 Å². The highest BCUT2D eigenvalue weighted by Gasteiger charge is 2.11. The number of rotatable bonds is 9. The van der Waals surface area contributed by atoms with E-state index in [0.29, 0.717) is 18.1 Å². The van der Waals surface area contributed by atoms with E-state index in [1.54, 1.807) is 24.3 Å². The highest BCUT2D eigenvalue weighted by Crippen LogP contribution is 2.16. The number of hydrogen-bond donors (Lipinski definition) is 1. The second-order valence-corrected chi connectivity index (χ2v) is 6.93. The number of benzene rings is 2. The molecule has 0 saturated carbocycles. The highest BCUT2D eigenvalue weighted by atomic mass is 19.1. The zero-order chi connectivity index (χ0) is 20.6. The summed E-state index contributed by atoms with van der Waals surface area (Å²) in [5, 5.41) is 2.87. The van der Waals surface area contributed by atoms with Crippen molar-refractivity contribution in [2.75, 3.05) is 25.5 Å². The van der Waals surface area contributed by atoms with E-state index in [1.807, 2.05) is 14.1 Å². The third-order valence-corrected chi connectivity index (χ3v) is 4.46. The number of hydrogen-bond acceptors (Lipinski definition) is 4. The van der Waals surface area contributed by atoms with E-state index in [4.69, 9.17) is 9.15 Å². The third kappa shape index (κ3) is 6.10. The number of amides is 1. The van der Waals surface area contributed by atoms with Crippen molar-refractivity contribution in [2.45, 2.75) is 19.4 Å². The summed E-state index contributed by atoms with van der Waals surface area (Å²) in [7, 11) is 4.03. The molecular weight excluding hydrogens is 371 g/mol. The van der Waals surface area contributed by atoms with Crippen molar-refractivity contribution in [3.05, 3.63) is 83.6 Å². The second kappa shape index (κ2) is 9.78. The largest absolute Gasteiger partial charge is 0.486 e. The van der Waals surface area contributed by atoms with E-state index in [2.05, 4.69) is 34.5 Å². The van der Waals surface area contributed by atoms with Crippen LogP contribution >= 0.6 is 0 Å². The molecule has 1 heterocycles. The standard InChI is InChI=1S/C23H25FN2O3/c1-26(2)19-9-5-17(6-10-19)4-3-15-25-23(27)22-14-13-21(29-22)16-28-20-11-7-18(24)8-12-20/h5-14H,3-4,15-16H2,1-2H3,(H,25,27). The Morgan fingerprint density at radius 3 is 2.45 bits per heavy atom. The molecule has 1 N–H and O–H groups in total. The maximum absolute atomic E-state index is 12.9. The fourth-order valence-corrected chi connectivity index (χ4v) is 2.81. The van der Waals surface area contributed by atoms with E-state index >= 15 is 0 Å². The lowest BCUT2D eigenvalue weighted by Crippen LogP contribution is -2.24. The number of nitrogens with one attached hydrogen (secondary N) is 1. The summed E-state index contributed by atoms with van der Waals surface area (Å²) in [5.41, 5.74) is 2.40. The maximum atomic E-state index is 12.9. The SMILES string of the molecule is CN(C)c1ccc(CCCNC(=O)c2ccc(COc3ccc(F)cc3)o2)cc1. The van der Waals surface area contributed by atoms with Gasteiger partial charge in [-0.2, -0.15) is 0 Å². The van der Waals surface area contributed by atoms with Crippen molar-refractivity contribution in [3.63, 3.8) is 0 Å². The molecule has 3 rings (SSSR count). The summed E-state index contributed by atoms with van der Waals surface area (Å²) in [5.74, 6) is 0.742. The minimum Gasteiger partial charge on any atom is -0.486 e. The van der Waals surface area contributed by atoms with Gasteiger partial charge in [0.15, 0.2) is 5.76 Å². The first-order chi connectivity index (χ1) is 14.0. The van der Waals surface area contributed by atoms with Gasteiger partial charge in [0.25, 0.3) is 5.91 Å². The number of ether oxygens (including phenoxy) is 1. The predicted octanol–water partition coefficient (Wildman–Crippen LogP) is 4.43. The lowest BCUT2D eigenvalue weighted by Gasteiger charge is -2.12. The lowest BCUT2D eigenvalue weighted by molar-refractivity contribution is 0.0921. The minimum absolute atomic E-state index is 0.169. The molecule has 0 saturated heterocycles. The Morgan fingerprint density at radius 2 is 1.76 bits per heavy atom. The molecule has 6 heteroatoms. The Bertz CT molecular complexity index is 918. The zero-order valence-electron chi connectivity index (χ0n) is 16.7. The van der Waals surface area contributed by atoms with Gasteiger partial charge in [-0.1, -0.05) is 12.1 Å². The van der Waals surface area contributed by atoms with Crippen LogP contribution in [0.4, 0.5) is 10.1 Å². The Kier molecular flexibility index (Phi) is 6.89. The van der Waals surface area contributed by atoms with Crippen LogP contribution in [-0.4, -0.2) is 26.5 Å². The van der Waals surface area contributed by atoms with Gasteiger partial charge in [-0.15, -0.1) is 0 Å². The second-order valence-electron chi connectivity index (χ2n) is 6.93. The number of halogens is 1. The molecule has 1 aromatic heterocycles. The molecule has 3 aromatic rings. The van der Waals surface area contributed by atoms with E-state index in [0.717, 1.165) is 12.8 Å². The summed E-state index contributed by atoms with van der Waals surface area (Å²) >= 11 is 0. The van der Waals surface area contributed by atoms with E-state index in [-0.39, 0.29) is 24.1 Å². The predicted molar refractivity (Wildman–Crippen MR) is 111 cm³/mol. The molecule has 0 aliphatic heterocycles. The van der Waals surface area contributed by atoms with E-state index in [1.165, 1.54) is 23.4 Å². The summed E-state index contributed by atoms with van der Waals surface area (Å²) in [6, 6.07) is 17.5. The van der Waals surface area contributed by atoms with Crippen molar-refractivity contribution in [1.82, 2.24) is 5.32 Å². The maximum Gasteiger partial charge on any atom is 0.286 e. The average molecular weight is 396 g/mol. The quantitative estimate of drug-likeness (QED) is 0.544. The fourth-order valence-electron chi connectivity index (χ4n) is 2.81. The Labute approximate surface area is 170 Å². The monoisotopic (exact) mass is 396 g/mol. The number of carbonyl (C=O) groups is 1. The fraction of sp³-hybridized carbons (Fsp3) is 0.261. The van der Waals surface area contributed by atoms with E-state index in [9.17, 15) is 9.18 Å². The van der Waals surface area contributed by atoms with Gasteiger partial charge in [-0.05, 0) is 66.9 Å². The molecule has 0 spiro atoms. The molecule has 0 bridgehead atoms. The normalized spacial score (nSPS) is 10.6. The van der Waals surface area contributed by atoms with Crippen LogP contribution in [0.5, 0.6) is 5.75 Å². The molecule has 0 radical (unpaired) electrons. The molecule has 0 aliphatic rings. The Morgan fingerprint density at radius 1 is 1.03 bits per heavy atom. The van der Waals surface area contributed by atoms with Crippen molar-refractivity contribution in [2.24, 2.45) is 0 Å². The first kappa shape index (κ1) is 20.5. The van der Waals surface area contributed by atoms with Crippen LogP contribution < -0.4 is 15.0 Å². The first-order valence-electron chi connectivity index (χ1n) is 9.53. The minimum atomic E-state index is -0.320. The van der Waals surface area contributed by atoms with Crippen LogP contribution in [0.25, 0.3) is 0 Å². The van der Waals surface area contributed by atoms with Crippen molar-refractivity contribution in [1.29, 1.82) is 0 Å². The van der Waals surface area contributed by atoms with Crippen LogP contribution in [0.1, 0.15) is 28.3 Å². The summed E-state index contributed by atoms with van der Waals surface area (Å²) < 4.78 is 23.9. The molecule has 5 nitrogen and oxygen atoms in total. The van der Waals surface area contributed by atoms with Crippen LogP contribution in [0.2, 0.25) is 0 Å². The van der Waals surface area contributed by atoms with Crippen molar-refractivity contribution in [3.8, 4) is 5.75 Å². The van der Waals surface area contributed by atoms with Crippen LogP contribution in [0.3, 0.4) is 0 Å². The topological polar surface area (TPSA) is 54.7 Å². The summed E-state index contributed by atoms with van der Waals surface area (Å²) in [6.45, 7) is 0.734. The van der Waals surface area contributed by atoms with Gasteiger partial charge in [0, 0.05) is 26.3 Å². The van der Waals surface area contributed by atoms with Gasteiger partial charge in [-0.3, -0.25) is 4.79 Å². The van der Waals surface area contributed by atoms with Crippen molar-refractivity contribution >= 4 is 11.6 Å². The number of aryl methyl sites for hydroxylation is 1.